The molecule has 2 aliphatic rings. The SMILES string of the molecule is N#Cc1cc(C#N)c2c3c1Sc1cc(-c4ccccc4)ccc1B3c1ccc(-c3ccccc3)cc1N2c1c(-c2ccccc2)cc(-c2ccccc2)cc1-c1ccccc1. The number of nitrogens with zero attached hydrogens (tertiary/aromatic N) is 3. The molecule has 282 valence electrons. The second-order valence-corrected chi connectivity index (χ2v) is 16.5. The highest BCUT2D eigenvalue weighted by Crippen LogP contribution is 2.52. The summed E-state index contributed by atoms with van der Waals surface area (Å²) in [6.45, 7) is -0.230. The van der Waals surface area contributed by atoms with E-state index in [1.165, 1.54) is 0 Å². The van der Waals surface area contributed by atoms with E-state index in [-0.39, 0.29) is 6.71 Å². The van der Waals surface area contributed by atoms with E-state index >= 15 is 0 Å². The second-order valence-electron chi connectivity index (χ2n) is 15.4. The van der Waals surface area contributed by atoms with Crippen molar-refractivity contribution >= 4 is 51.9 Å². The van der Waals surface area contributed by atoms with Crippen molar-refractivity contribution in [3.8, 4) is 67.8 Å². The Bertz CT molecular complexity index is 3170. The number of nitriles is 2. The molecule has 2 heterocycles. The lowest BCUT2D eigenvalue weighted by atomic mass is 9.34. The van der Waals surface area contributed by atoms with Gasteiger partial charge in [0.1, 0.15) is 12.1 Å². The van der Waals surface area contributed by atoms with Crippen molar-refractivity contribution in [3.05, 3.63) is 217 Å². The molecule has 5 heteroatoms. The third-order valence-electron chi connectivity index (χ3n) is 12.0. The van der Waals surface area contributed by atoms with Gasteiger partial charge in [-0.2, -0.15) is 10.5 Å². The van der Waals surface area contributed by atoms with Crippen molar-refractivity contribution in [2.75, 3.05) is 4.90 Å². The van der Waals surface area contributed by atoms with Crippen molar-refractivity contribution in [1.82, 2.24) is 0 Å². The molecule has 9 aromatic rings. The second kappa shape index (κ2) is 15.1. The van der Waals surface area contributed by atoms with E-state index in [2.05, 4.69) is 205 Å². The maximum absolute atomic E-state index is 11.3. The van der Waals surface area contributed by atoms with Crippen LogP contribution in [0.15, 0.2) is 216 Å². The zero-order chi connectivity index (χ0) is 40.9. The van der Waals surface area contributed by atoms with E-state index in [1.54, 1.807) is 11.8 Å². The molecule has 11 rings (SSSR count). The third-order valence-corrected chi connectivity index (χ3v) is 13.2. The van der Waals surface area contributed by atoms with Gasteiger partial charge in [-0.25, -0.2) is 0 Å². The molecule has 0 saturated carbocycles. The van der Waals surface area contributed by atoms with Gasteiger partial charge >= 0.3 is 0 Å². The van der Waals surface area contributed by atoms with E-state index in [9.17, 15) is 10.5 Å². The molecule has 0 fully saturated rings. The fourth-order valence-corrected chi connectivity index (χ4v) is 10.5. The molecule has 2 aliphatic heterocycles. The third kappa shape index (κ3) is 6.15. The molecule has 0 unspecified atom stereocenters. The molecule has 0 radical (unpaired) electrons. The average Bonchev–Trinajstić information content (AvgIpc) is 3.34. The topological polar surface area (TPSA) is 50.8 Å². The van der Waals surface area contributed by atoms with Gasteiger partial charge in [0.15, 0.2) is 0 Å². The van der Waals surface area contributed by atoms with Gasteiger partial charge in [0.05, 0.1) is 22.5 Å². The molecule has 0 atom stereocenters. The van der Waals surface area contributed by atoms with Crippen molar-refractivity contribution in [2.24, 2.45) is 0 Å². The van der Waals surface area contributed by atoms with Crippen LogP contribution in [-0.4, -0.2) is 6.71 Å². The fourth-order valence-electron chi connectivity index (χ4n) is 9.22. The maximum atomic E-state index is 11.3. The van der Waals surface area contributed by atoms with Gasteiger partial charge in [-0.1, -0.05) is 193 Å². The van der Waals surface area contributed by atoms with Crippen molar-refractivity contribution < 1.29 is 0 Å². The van der Waals surface area contributed by atoms with Crippen LogP contribution in [0, 0.1) is 22.7 Å². The van der Waals surface area contributed by atoms with Crippen LogP contribution >= 0.6 is 11.8 Å². The summed E-state index contributed by atoms with van der Waals surface area (Å²) in [4.78, 5) is 4.37. The molecule has 0 bridgehead atoms. The molecule has 9 aromatic carbocycles. The van der Waals surface area contributed by atoms with Crippen LogP contribution in [0.5, 0.6) is 0 Å². The van der Waals surface area contributed by atoms with Crippen LogP contribution in [-0.2, 0) is 0 Å². The normalized spacial score (nSPS) is 12.1. The van der Waals surface area contributed by atoms with E-state index in [0.717, 1.165) is 98.9 Å². The number of fused-ring (bicyclic) bond motifs is 4. The minimum absolute atomic E-state index is 0.230. The van der Waals surface area contributed by atoms with Gasteiger partial charge in [-0.05, 0) is 85.8 Å². The molecular formula is C56H34BN3S. The Balaban J connectivity index is 1.28. The van der Waals surface area contributed by atoms with Gasteiger partial charge in [0.2, 0.25) is 6.71 Å². The van der Waals surface area contributed by atoms with Crippen LogP contribution in [0.4, 0.5) is 17.1 Å². The summed E-state index contributed by atoms with van der Waals surface area (Å²) in [5.74, 6) is 0. The van der Waals surface area contributed by atoms with Crippen LogP contribution < -0.4 is 21.3 Å². The van der Waals surface area contributed by atoms with E-state index in [0.29, 0.717) is 11.1 Å². The average molecular weight is 792 g/mol. The predicted molar refractivity (Wildman–Crippen MR) is 253 cm³/mol. The zero-order valence-electron chi connectivity index (χ0n) is 33.0. The lowest BCUT2D eigenvalue weighted by molar-refractivity contribution is 1.24. The van der Waals surface area contributed by atoms with Crippen LogP contribution in [0.25, 0.3) is 55.6 Å². The Labute approximate surface area is 360 Å². The lowest BCUT2D eigenvalue weighted by Gasteiger charge is -2.42. The van der Waals surface area contributed by atoms with Crippen LogP contribution in [0.2, 0.25) is 0 Å². The van der Waals surface area contributed by atoms with E-state index in [4.69, 9.17) is 0 Å². The van der Waals surface area contributed by atoms with Crippen molar-refractivity contribution in [3.63, 3.8) is 0 Å². The monoisotopic (exact) mass is 791 g/mol. The number of benzene rings is 9. The number of hydrogen-bond acceptors (Lipinski definition) is 4. The molecule has 0 saturated heterocycles. The first-order valence-electron chi connectivity index (χ1n) is 20.4. The minimum atomic E-state index is -0.230. The van der Waals surface area contributed by atoms with Gasteiger partial charge in [-0.15, -0.1) is 0 Å². The Kier molecular flexibility index (Phi) is 8.97. The Hall–Kier alpha value is -7.83. The summed E-state index contributed by atoms with van der Waals surface area (Å²) in [5.41, 5.74) is 17.9. The van der Waals surface area contributed by atoms with Gasteiger partial charge in [-0.3, -0.25) is 0 Å². The number of anilines is 3. The quantitative estimate of drug-likeness (QED) is 0.157. The summed E-state index contributed by atoms with van der Waals surface area (Å²) in [6, 6.07) is 77.7. The summed E-state index contributed by atoms with van der Waals surface area (Å²) in [6.07, 6.45) is 0. The molecule has 0 amide bonds. The molecule has 3 nitrogen and oxygen atoms in total. The Morgan fingerprint density at radius 2 is 0.852 bits per heavy atom. The Morgan fingerprint density at radius 3 is 1.36 bits per heavy atom. The summed E-state index contributed by atoms with van der Waals surface area (Å²) in [5, 5.41) is 22.1. The zero-order valence-corrected chi connectivity index (χ0v) is 33.8. The first-order valence-corrected chi connectivity index (χ1v) is 21.2. The predicted octanol–water partition coefficient (Wildman–Crippen LogP) is 12.5. The highest BCUT2D eigenvalue weighted by molar-refractivity contribution is 8.00. The minimum Gasteiger partial charge on any atom is -0.309 e. The smallest absolute Gasteiger partial charge is 0.249 e. The largest absolute Gasteiger partial charge is 0.309 e. The Morgan fingerprint density at radius 1 is 0.393 bits per heavy atom. The molecule has 0 N–H and O–H groups in total. The van der Waals surface area contributed by atoms with Gasteiger partial charge in [0, 0.05) is 26.6 Å². The molecule has 0 aromatic heterocycles. The van der Waals surface area contributed by atoms with Gasteiger partial charge in [0.25, 0.3) is 0 Å². The number of hydrogen-bond donors (Lipinski definition) is 0. The highest BCUT2D eigenvalue weighted by atomic mass is 32.2. The van der Waals surface area contributed by atoms with Crippen LogP contribution in [0.3, 0.4) is 0 Å². The first-order chi connectivity index (χ1) is 30.2. The first kappa shape index (κ1) is 36.3. The molecule has 61 heavy (non-hydrogen) atoms. The fraction of sp³-hybridized carbons (Fsp3) is 0. The standard InChI is InChI=1S/C56H34BN3S/c58-35-45-30-46(36-59)56-53-54(45)60(55-47(40-22-12-4-13-23-40)31-44(39-20-10-3-11-21-39)32-48(55)41-24-14-5-15-25-41)51-33-42(37-16-6-1-7-17-37)26-28-49(51)57(53)50-29-27-43(34-52(50)61-56)38-18-8-2-9-19-38/h1-34H. The summed E-state index contributed by atoms with van der Waals surface area (Å²) >= 11 is 1.64. The van der Waals surface area contributed by atoms with E-state index < -0.39 is 0 Å². The van der Waals surface area contributed by atoms with Crippen molar-refractivity contribution in [1.29, 1.82) is 10.5 Å². The van der Waals surface area contributed by atoms with Crippen molar-refractivity contribution in [2.45, 2.75) is 9.79 Å². The molecule has 0 spiro atoms. The van der Waals surface area contributed by atoms with E-state index in [1.807, 2.05) is 18.2 Å². The molecule has 0 aliphatic carbocycles. The summed E-state index contributed by atoms with van der Waals surface area (Å²) in [7, 11) is 0. The van der Waals surface area contributed by atoms with Gasteiger partial charge < -0.3 is 4.90 Å². The van der Waals surface area contributed by atoms with Crippen LogP contribution in [0.1, 0.15) is 11.1 Å². The molecular weight excluding hydrogens is 758 g/mol. The number of rotatable bonds is 6. The lowest BCUT2D eigenvalue weighted by Crippen LogP contribution is -2.60. The highest BCUT2D eigenvalue weighted by Gasteiger charge is 2.44. The maximum Gasteiger partial charge on any atom is 0.249 e. The summed E-state index contributed by atoms with van der Waals surface area (Å²) < 4.78 is 0.